The van der Waals surface area contributed by atoms with E-state index >= 15 is 0 Å². The first-order valence-corrected chi connectivity index (χ1v) is 15.8. The first-order chi connectivity index (χ1) is 23.3. The van der Waals surface area contributed by atoms with E-state index in [0.29, 0.717) is 5.82 Å². The number of nitrogens with zero attached hydrogens (tertiary/aromatic N) is 4. The van der Waals surface area contributed by atoms with Crippen molar-refractivity contribution in [3.8, 4) is 56.2 Å². The van der Waals surface area contributed by atoms with E-state index in [1.807, 2.05) is 48.7 Å². The summed E-state index contributed by atoms with van der Waals surface area (Å²) in [6.07, 6.45) is 2.00. The summed E-state index contributed by atoms with van der Waals surface area (Å²) in [5.41, 5.74) is 14.0. The minimum atomic E-state index is 0.709. The molecule has 0 saturated carbocycles. The van der Waals surface area contributed by atoms with Gasteiger partial charge in [-0.3, -0.25) is 4.98 Å². The van der Waals surface area contributed by atoms with Gasteiger partial charge in [0.15, 0.2) is 5.82 Å². The SMILES string of the molecule is c1ccc(-c2cc(-c3ccccc3)nc(-c3ccc(-c4ccc(-c5c6ccccc6n6c5cnc5ccccc56)cc4)cc3)n2)cc1. The summed E-state index contributed by atoms with van der Waals surface area (Å²) in [6, 6.07) is 57.0. The molecule has 0 aliphatic rings. The summed E-state index contributed by atoms with van der Waals surface area (Å²) in [5.74, 6) is 0.709. The Morgan fingerprint density at radius 3 is 1.53 bits per heavy atom. The predicted octanol–water partition coefficient (Wildman–Crippen LogP) is 10.8. The van der Waals surface area contributed by atoms with Crippen molar-refractivity contribution in [3.05, 3.63) is 170 Å². The molecule has 9 aromatic rings. The Morgan fingerprint density at radius 1 is 0.383 bits per heavy atom. The molecule has 9 rings (SSSR count). The summed E-state index contributed by atoms with van der Waals surface area (Å²) in [4.78, 5) is 14.8. The van der Waals surface area contributed by atoms with E-state index in [4.69, 9.17) is 15.0 Å². The molecule has 0 amide bonds. The third-order valence-electron chi connectivity index (χ3n) is 8.88. The molecule has 4 nitrogen and oxygen atoms in total. The van der Waals surface area contributed by atoms with Crippen LogP contribution in [0.15, 0.2) is 170 Å². The monoisotopic (exact) mass is 600 g/mol. The molecule has 0 radical (unpaired) electrons. The van der Waals surface area contributed by atoms with Crippen molar-refractivity contribution < 1.29 is 0 Å². The minimum Gasteiger partial charge on any atom is -0.306 e. The first kappa shape index (κ1) is 27.0. The largest absolute Gasteiger partial charge is 0.306 e. The van der Waals surface area contributed by atoms with E-state index in [2.05, 4.69) is 126 Å². The van der Waals surface area contributed by atoms with Crippen LogP contribution in [0.2, 0.25) is 0 Å². The standard InChI is InChI=1S/C43H28N4/c1-3-11-31(12-4-1)37-27-38(32-13-5-2-6-14-32)46-43(45-37)34-25-21-30(22-26-34)29-19-23-33(24-20-29)42-35-15-7-9-17-39(35)47-40-18-10-8-16-36(40)44-28-41(42)47/h1-28H. The van der Waals surface area contributed by atoms with Crippen LogP contribution in [-0.2, 0) is 0 Å². The van der Waals surface area contributed by atoms with Gasteiger partial charge in [0.05, 0.1) is 39.7 Å². The Morgan fingerprint density at radius 2 is 0.894 bits per heavy atom. The number of hydrogen-bond acceptors (Lipinski definition) is 3. The molecule has 0 aliphatic heterocycles. The number of benzene rings is 6. The van der Waals surface area contributed by atoms with Gasteiger partial charge < -0.3 is 4.40 Å². The van der Waals surface area contributed by atoms with E-state index in [9.17, 15) is 0 Å². The maximum Gasteiger partial charge on any atom is 0.160 e. The number of aromatic nitrogens is 4. The fourth-order valence-electron chi connectivity index (χ4n) is 6.57. The van der Waals surface area contributed by atoms with Gasteiger partial charge in [-0.2, -0.15) is 0 Å². The number of fused-ring (bicyclic) bond motifs is 5. The van der Waals surface area contributed by atoms with E-state index in [1.165, 1.54) is 22.0 Å². The molecule has 4 heteroatoms. The lowest BCUT2D eigenvalue weighted by atomic mass is 9.98. The van der Waals surface area contributed by atoms with Gasteiger partial charge in [0, 0.05) is 27.6 Å². The second-order valence-corrected chi connectivity index (χ2v) is 11.7. The predicted molar refractivity (Wildman–Crippen MR) is 193 cm³/mol. The summed E-state index contributed by atoms with van der Waals surface area (Å²) in [5, 5.41) is 1.22. The zero-order valence-corrected chi connectivity index (χ0v) is 25.5. The highest BCUT2D eigenvalue weighted by molar-refractivity contribution is 6.08. The molecule has 0 aliphatic carbocycles. The topological polar surface area (TPSA) is 43.1 Å². The van der Waals surface area contributed by atoms with Gasteiger partial charge in [-0.25, -0.2) is 9.97 Å². The average Bonchev–Trinajstić information content (AvgIpc) is 3.50. The molecular weight excluding hydrogens is 573 g/mol. The van der Waals surface area contributed by atoms with Crippen LogP contribution in [0, 0.1) is 0 Å². The number of hydrogen-bond donors (Lipinski definition) is 0. The van der Waals surface area contributed by atoms with Gasteiger partial charge in [0.25, 0.3) is 0 Å². The third kappa shape index (κ3) is 4.75. The highest BCUT2D eigenvalue weighted by Crippen LogP contribution is 2.38. The average molecular weight is 601 g/mol. The van der Waals surface area contributed by atoms with Crippen LogP contribution in [0.1, 0.15) is 0 Å². The normalized spacial score (nSPS) is 11.4. The molecular formula is C43H28N4. The highest BCUT2D eigenvalue weighted by atomic mass is 14.9. The Labute approximate surface area is 272 Å². The zero-order valence-electron chi connectivity index (χ0n) is 25.5. The zero-order chi connectivity index (χ0) is 31.2. The van der Waals surface area contributed by atoms with E-state index in [-0.39, 0.29) is 0 Å². The Bertz CT molecular complexity index is 2480. The van der Waals surface area contributed by atoms with Crippen LogP contribution >= 0.6 is 0 Å². The summed E-state index contributed by atoms with van der Waals surface area (Å²) in [6.45, 7) is 0. The van der Waals surface area contributed by atoms with Crippen molar-refractivity contribution in [2.24, 2.45) is 0 Å². The fourth-order valence-corrected chi connectivity index (χ4v) is 6.57. The van der Waals surface area contributed by atoms with Gasteiger partial charge >= 0.3 is 0 Å². The third-order valence-corrected chi connectivity index (χ3v) is 8.88. The molecule has 6 aromatic carbocycles. The molecule has 220 valence electrons. The van der Waals surface area contributed by atoms with Crippen molar-refractivity contribution in [1.82, 2.24) is 19.4 Å². The lowest BCUT2D eigenvalue weighted by molar-refractivity contribution is 1.18. The Balaban J connectivity index is 1.08. The molecule has 0 atom stereocenters. The molecule has 47 heavy (non-hydrogen) atoms. The van der Waals surface area contributed by atoms with E-state index in [1.54, 1.807) is 0 Å². The molecule has 3 heterocycles. The quantitative estimate of drug-likeness (QED) is 0.197. The van der Waals surface area contributed by atoms with Crippen molar-refractivity contribution in [2.45, 2.75) is 0 Å². The van der Waals surface area contributed by atoms with Crippen molar-refractivity contribution in [3.63, 3.8) is 0 Å². The van der Waals surface area contributed by atoms with E-state index < -0.39 is 0 Å². The van der Waals surface area contributed by atoms with Gasteiger partial charge in [-0.15, -0.1) is 0 Å². The molecule has 0 N–H and O–H groups in total. The number of rotatable bonds is 5. The van der Waals surface area contributed by atoms with Crippen molar-refractivity contribution in [1.29, 1.82) is 0 Å². The van der Waals surface area contributed by atoms with Crippen LogP contribution in [0.5, 0.6) is 0 Å². The number of para-hydroxylation sites is 3. The maximum absolute atomic E-state index is 4.99. The Hall–Kier alpha value is -6.39. The van der Waals surface area contributed by atoms with Crippen LogP contribution in [0.3, 0.4) is 0 Å². The lowest BCUT2D eigenvalue weighted by Gasteiger charge is -2.10. The van der Waals surface area contributed by atoms with Gasteiger partial charge in [-0.1, -0.05) is 140 Å². The fraction of sp³-hybridized carbons (Fsp3) is 0. The van der Waals surface area contributed by atoms with Crippen LogP contribution in [0.4, 0.5) is 0 Å². The molecule has 3 aromatic heterocycles. The molecule has 0 bridgehead atoms. The summed E-state index contributed by atoms with van der Waals surface area (Å²) < 4.78 is 2.33. The Kier molecular flexibility index (Phi) is 6.43. The minimum absolute atomic E-state index is 0.709. The van der Waals surface area contributed by atoms with E-state index in [0.717, 1.165) is 55.8 Å². The summed E-state index contributed by atoms with van der Waals surface area (Å²) in [7, 11) is 0. The maximum atomic E-state index is 4.99. The molecule has 0 unspecified atom stereocenters. The van der Waals surface area contributed by atoms with Crippen molar-refractivity contribution in [2.75, 3.05) is 0 Å². The second-order valence-electron chi connectivity index (χ2n) is 11.7. The van der Waals surface area contributed by atoms with Crippen LogP contribution in [0.25, 0.3) is 83.6 Å². The van der Waals surface area contributed by atoms with Crippen molar-refractivity contribution >= 4 is 27.5 Å². The molecule has 0 fully saturated rings. The molecule has 0 saturated heterocycles. The van der Waals surface area contributed by atoms with Gasteiger partial charge in [-0.05, 0) is 41.0 Å². The summed E-state index contributed by atoms with van der Waals surface area (Å²) >= 11 is 0. The lowest BCUT2D eigenvalue weighted by Crippen LogP contribution is -1.95. The molecule has 0 spiro atoms. The van der Waals surface area contributed by atoms with Gasteiger partial charge in [0.2, 0.25) is 0 Å². The van der Waals surface area contributed by atoms with Gasteiger partial charge in [0.1, 0.15) is 0 Å². The first-order valence-electron chi connectivity index (χ1n) is 15.8. The second kappa shape index (κ2) is 11.2. The van der Waals surface area contributed by atoms with Crippen LogP contribution in [-0.4, -0.2) is 19.4 Å². The van der Waals surface area contributed by atoms with Crippen LogP contribution < -0.4 is 0 Å². The smallest absolute Gasteiger partial charge is 0.160 e. The highest BCUT2D eigenvalue weighted by Gasteiger charge is 2.16.